The van der Waals surface area contributed by atoms with Crippen molar-refractivity contribution >= 4 is 40.3 Å². The summed E-state index contributed by atoms with van der Waals surface area (Å²) in [4.78, 5) is 24.7. The van der Waals surface area contributed by atoms with Crippen molar-refractivity contribution in [2.45, 2.75) is 6.92 Å². The zero-order valence-electron chi connectivity index (χ0n) is 10.5. The summed E-state index contributed by atoms with van der Waals surface area (Å²) in [7, 11) is 0. The smallest absolute Gasteiger partial charge is 0.321 e. The monoisotopic (exact) mass is 374 g/mol. The molecular formula is C13H15IN2O3. The molecule has 0 unspecified atom stereocenters. The summed E-state index contributed by atoms with van der Waals surface area (Å²) in [6, 6.07) is 7.25. The van der Waals surface area contributed by atoms with Crippen LogP contribution in [0.3, 0.4) is 0 Å². The molecule has 6 heteroatoms. The van der Waals surface area contributed by atoms with Gasteiger partial charge in [-0.15, -0.1) is 0 Å². The number of nitrogens with one attached hydrogen (secondary N) is 1. The largest absolute Gasteiger partial charge is 0.481 e. The molecule has 1 saturated heterocycles. The zero-order valence-corrected chi connectivity index (χ0v) is 12.6. The maximum Gasteiger partial charge on any atom is 0.321 e. The molecule has 0 bridgehead atoms. The topological polar surface area (TPSA) is 69.6 Å². The van der Waals surface area contributed by atoms with Gasteiger partial charge in [0.25, 0.3) is 0 Å². The minimum Gasteiger partial charge on any atom is -0.481 e. The predicted molar refractivity (Wildman–Crippen MR) is 80.0 cm³/mol. The van der Waals surface area contributed by atoms with Crippen LogP contribution in [0.5, 0.6) is 0 Å². The SMILES string of the molecule is C[C@@H]1CN(C(=O)Nc2ccccc2I)C[C@H]1C(=O)O. The van der Waals surface area contributed by atoms with Gasteiger partial charge in [0.15, 0.2) is 0 Å². The highest BCUT2D eigenvalue weighted by molar-refractivity contribution is 14.1. The molecule has 2 N–H and O–H groups in total. The van der Waals surface area contributed by atoms with E-state index >= 15 is 0 Å². The first-order valence-corrected chi connectivity index (χ1v) is 7.10. The Morgan fingerprint density at radius 3 is 2.63 bits per heavy atom. The van der Waals surface area contributed by atoms with E-state index < -0.39 is 11.9 Å². The fourth-order valence-corrected chi connectivity index (χ4v) is 2.73. The number of rotatable bonds is 2. The van der Waals surface area contributed by atoms with Gasteiger partial charge < -0.3 is 15.3 Å². The van der Waals surface area contributed by atoms with E-state index in [9.17, 15) is 9.59 Å². The predicted octanol–water partition coefficient (Wildman–Crippen LogP) is 2.48. The molecule has 1 heterocycles. The number of para-hydroxylation sites is 1. The first-order chi connectivity index (χ1) is 8.99. The van der Waals surface area contributed by atoms with E-state index in [0.29, 0.717) is 6.54 Å². The van der Waals surface area contributed by atoms with E-state index in [1.807, 2.05) is 31.2 Å². The molecule has 1 aromatic rings. The fourth-order valence-electron chi connectivity index (χ4n) is 2.21. The zero-order chi connectivity index (χ0) is 14.0. The van der Waals surface area contributed by atoms with Gasteiger partial charge in [-0.3, -0.25) is 4.79 Å². The number of carboxylic acid groups (broad SMARTS) is 1. The molecule has 2 rings (SSSR count). The minimum absolute atomic E-state index is 0.0157. The quantitative estimate of drug-likeness (QED) is 0.782. The number of aliphatic carboxylic acids is 1. The Kier molecular flexibility index (Phi) is 4.28. The number of nitrogens with zero attached hydrogens (tertiary/aromatic N) is 1. The summed E-state index contributed by atoms with van der Waals surface area (Å²) in [6.45, 7) is 2.61. The van der Waals surface area contributed by atoms with E-state index in [4.69, 9.17) is 5.11 Å². The number of likely N-dealkylation sites (tertiary alicyclic amines) is 1. The molecule has 1 fully saturated rings. The number of carbonyl (C=O) groups excluding carboxylic acids is 1. The number of urea groups is 1. The van der Waals surface area contributed by atoms with Crippen molar-refractivity contribution in [3.05, 3.63) is 27.8 Å². The molecule has 102 valence electrons. The molecule has 0 saturated carbocycles. The van der Waals surface area contributed by atoms with Crippen molar-refractivity contribution in [1.29, 1.82) is 0 Å². The summed E-state index contributed by atoms with van der Waals surface area (Å²) in [5.74, 6) is -1.32. The van der Waals surface area contributed by atoms with E-state index in [1.165, 1.54) is 0 Å². The van der Waals surface area contributed by atoms with Crippen molar-refractivity contribution in [2.24, 2.45) is 11.8 Å². The minimum atomic E-state index is -0.836. The number of hydrogen-bond acceptors (Lipinski definition) is 2. The molecular weight excluding hydrogens is 359 g/mol. The van der Waals surface area contributed by atoms with Crippen LogP contribution in [-0.2, 0) is 4.79 Å². The number of hydrogen-bond donors (Lipinski definition) is 2. The van der Waals surface area contributed by atoms with Crippen molar-refractivity contribution in [1.82, 2.24) is 4.90 Å². The summed E-state index contributed by atoms with van der Waals surface area (Å²) in [5, 5.41) is 11.9. The lowest BCUT2D eigenvalue weighted by Gasteiger charge is -2.17. The standard InChI is InChI=1S/C13H15IN2O3/c1-8-6-16(7-9(8)12(17)18)13(19)15-11-5-3-2-4-10(11)14/h2-5,8-9H,6-7H2,1H3,(H,15,19)(H,17,18)/t8-,9-/m1/s1. The van der Waals surface area contributed by atoms with E-state index in [1.54, 1.807) is 4.90 Å². The van der Waals surface area contributed by atoms with Crippen molar-refractivity contribution in [3.63, 3.8) is 0 Å². The molecule has 0 spiro atoms. The van der Waals surface area contributed by atoms with Crippen LogP contribution in [0.4, 0.5) is 10.5 Å². The maximum atomic E-state index is 12.1. The van der Waals surface area contributed by atoms with E-state index in [2.05, 4.69) is 27.9 Å². The average Bonchev–Trinajstić information content (AvgIpc) is 2.74. The van der Waals surface area contributed by atoms with Gasteiger partial charge in [-0.2, -0.15) is 0 Å². The molecule has 0 aromatic heterocycles. The van der Waals surface area contributed by atoms with E-state index in [-0.39, 0.29) is 18.5 Å². The lowest BCUT2D eigenvalue weighted by molar-refractivity contribution is -0.142. The molecule has 0 radical (unpaired) electrons. The van der Waals surface area contributed by atoms with E-state index in [0.717, 1.165) is 9.26 Å². The fraction of sp³-hybridized carbons (Fsp3) is 0.385. The first-order valence-electron chi connectivity index (χ1n) is 6.02. The van der Waals surface area contributed by atoms with Crippen LogP contribution in [0, 0.1) is 15.4 Å². The highest BCUT2D eigenvalue weighted by Gasteiger charge is 2.36. The van der Waals surface area contributed by atoms with Crippen LogP contribution in [0.15, 0.2) is 24.3 Å². The second-order valence-corrected chi connectivity index (χ2v) is 5.90. The van der Waals surface area contributed by atoms with Crippen LogP contribution in [0.1, 0.15) is 6.92 Å². The number of anilines is 1. The van der Waals surface area contributed by atoms with Crippen molar-refractivity contribution in [2.75, 3.05) is 18.4 Å². The molecule has 19 heavy (non-hydrogen) atoms. The normalized spacial score (nSPS) is 22.3. The Morgan fingerprint density at radius 1 is 1.37 bits per heavy atom. The van der Waals surface area contributed by atoms with Crippen LogP contribution in [0.25, 0.3) is 0 Å². The van der Waals surface area contributed by atoms with Crippen LogP contribution in [0.2, 0.25) is 0 Å². The number of carbonyl (C=O) groups is 2. The Hall–Kier alpha value is -1.31. The van der Waals surface area contributed by atoms with Crippen LogP contribution >= 0.6 is 22.6 Å². The van der Waals surface area contributed by atoms with Gasteiger partial charge in [0.2, 0.25) is 0 Å². The van der Waals surface area contributed by atoms with Crippen molar-refractivity contribution < 1.29 is 14.7 Å². The summed E-state index contributed by atoms with van der Waals surface area (Å²) >= 11 is 2.15. The number of carboxylic acids is 1. The number of amides is 2. The Bertz CT molecular complexity index is 506. The molecule has 0 aliphatic carbocycles. The summed E-state index contributed by atoms with van der Waals surface area (Å²) in [6.07, 6.45) is 0. The second-order valence-electron chi connectivity index (χ2n) is 4.74. The third-order valence-corrected chi connectivity index (χ3v) is 4.27. The summed E-state index contributed by atoms with van der Waals surface area (Å²) < 4.78 is 0.954. The highest BCUT2D eigenvalue weighted by Crippen LogP contribution is 2.24. The molecule has 1 aliphatic heterocycles. The molecule has 2 amide bonds. The van der Waals surface area contributed by atoms with Crippen LogP contribution in [-0.4, -0.2) is 35.1 Å². The average molecular weight is 374 g/mol. The first kappa shape index (κ1) is 14.1. The van der Waals surface area contributed by atoms with Crippen molar-refractivity contribution in [3.8, 4) is 0 Å². The summed E-state index contributed by atoms with van der Waals surface area (Å²) in [5.41, 5.74) is 0.750. The van der Waals surface area contributed by atoms with Gasteiger partial charge in [0.05, 0.1) is 11.6 Å². The highest BCUT2D eigenvalue weighted by atomic mass is 127. The van der Waals surface area contributed by atoms with Crippen LogP contribution < -0.4 is 5.32 Å². The number of benzene rings is 1. The Balaban J connectivity index is 2.02. The lowest BCUT2D eigenvalue weighted by atomic mass is 9.99. The molecule has 2 atom stereocenters. The Labute approximate surface area is 125 Å². The second kappa shape index (κ2) is 5.77. The van der Waals surface area contributed by atoms with Gasteiger partial charge in [-0.05, 0) is 40.6 Å². The third-order valence-electron chi connectivity index (χ3n) is 3.33. The maximum absolute atomic E-state index is 12.1. The molecule has 1 aromatic carbocycles. The van der Waals surface area contributed by atoms with Gasteiger partial charge >= 0.3 is 12.0 Å². The van der Waals surface area contributed by atoms with Gasteiger partial charge in [0.1, 0.15) is 0 Å². The molecule has 5 nitrogen and oxygen atoms in total. The third kappa shape index (κ3) is 3.17. The van der Waals surface area contributed by atoms with Gasteiger partial charge in [0, 0.05) is 16.7 Å². The molecule has 1 aliphatic rings. The van der Waals surface area contributed by atoms with Gasteiger partial charge in [-0.1, -0.05) is 19.1 Å². The van der Waals surface area contributed by atoms with Gasteiger partial charge in [-0.25, -0.2) is 4.79 Å². The lowest BCUT2D eigenvalue weighted by Crippen LogP contribution is -2.34. The number of halogens is 1. The Morgan fingerprint density at radius 2 is 2.05 bits per heavy atom.